The number of benzene rings is 1. The van der Waals surface area contributed by atoms with E-state index in [0.29, 0.717) is 18.9 Å². The number of nitrogens with zero attached hydrogens (tertiary/aromatic N) is 4. The second kappa shape index (κ2) is 11.2. The number of aliphatic carboxylic acids is 1. The third kappa shape index (κ3) is 7.65. The van der Waals surface area contributed by atoms with E-state index in [1.165, 1.54) is 0 Å². The van der Waals surface area contributed by atoms with E-state index < -0.39 is 12.1 Å². The van der Waals surface area contributed by atoms with Gasteiger partial charge in [-0.05, 0) is 0 Å². The summed E-state index contributed by atoms with van der Waals surface area (Å²) >= 11 is 1.60. The largest absolute Gasteiger partial charge is 0.490 e. The lowest BCUT2D eigenvalue weighted by Crippen LogP contribution is -2.30. The number of aromatic nitrogens is 4. The number of carbonyl (C=O) groups excluding carboxylic acids is 1. The average Bonchev–Trinajstić information content (AvgIpc) is 3.34. The van der Waals surface area contributed by atoms with Crippen molar-refractivity contribution in [3.05, 3.63) is 46.5 Å². The van der Waals surface area contributed by atoms with Gasteiger partial charge in [-0.25, -0.2) is 14.6 Å². The zero-order valence-electron chi connectivity index (χ0n) is 17.2. The molecule has 2 amide bonds. The molecule has 0 atom stereocenters. The van der Waals surface area contributed by atoms with Crippen LogP contribution in [0.5, 0.6) is 0 Å². The summed E-state index contributed by atoms with van der Waals surface area (Å²) in [5, 5.41) is 19.7. The van der Waals surface area contributed by atoms with Crippen molar-refractivity contribution >= 4 is 29.3 Å². The Hall–Kier alpha value is -3.48. The minimum absolute atomic E-state index is 0.312. The van der Waals surface area contributed by atoms with Gasteiger partial charge >= 0.3 is 18.2 Å². The van der Waals surface area contributed by atoms with Crippen molar-refractivity contribution < 1.29 is 27.9 Å². The number of amides is 2. The van der Waals surface area contributed by atoms with Crippen molar-refractivity contribution in [2.45, 2.75) is 25.9 Å². The summed E-state index contributed by atoms with van der Waals surface area (Å²) in [5.74, 6) is -1.61. The summed E-state index contributed by atoms with van der Waals surface area (Å²) in [6.45, 7) is 2.49. The zero-order valence-corrected chi connectivity index (χ0v) is 18.0. The van der Waals surface area contributed by atoms with Crippen LogP contribution in [0.25, 0.3) is 11.3 Å². The van der Waals surface area contributed by atoms with Crippen LogP contribution in [0.2, 0.25) is 0 Å². The first-order chi connectivity index (χ1) is 15.1. The van der Waals surface area contributed by atoms with E-state index in [-0.39, 0.29) is 6.03 Å². The first-order valence-corrected chi connectivity index (χ1v) is 10.2. The highest BCUT2D eigenvalue weighted by molar-refractivity contribution is 7.09. The Labute approximate surface area is 185 Å². The van der Waals surface area contributed by atoms with Gasteiger partial charge in [-0.1, -0.05) is 37.3 Å². The monoisotopic (exact) mass is 470 g/mol. The van der Waals surface area contributed by atoms with Crippen LogP contribution in [-0.2, 0) is 24.7 Å². The van der Waals surface area contributed by atoms with E-state index in [1.807, 2.05) is 49.7 Å². The number of urea groups is 1. The van der Waals surface area contributed by atoms with E-state index >= 15 is 0 Å². The molecule has 32 heavy (non-hydrogen) atoms. The van der Waals surface area contributed by atoms with Gasteiger partial charge in [-0.15, -0.1) is 16.4 Å². The second-order valence-corrected chi connectivity index (χ2v) is 7.20. The van der Waals surface area contributed by atoms with Crippen LogP contribution >= 0.6 is 11.3 Å². The van der Waals surface area contributed by atoms with Gasteiger partial charge in [0.2, 0.25) is 5.95 Å². The molecule has 2 aromatic heterocycles. The summed E-state index contributed by atoms with van der Waals surface area (Å²) in [6.07, 6.45) is -3.64. The molecule has 0 saturated carbocycles. The molecule has 0 radical (unpaired) electrons. The quantitative estimate of drug-likeness (QED) is 0.507. The Morgan fingerprint density at radius 1 is 1.19 bits per heavy atom. The van der Waals surface area contributed by atoms with Crippen molar-refractivity contribution in [3.8, 4) is 11.3 Å². The third-order valence-corrected chi connectivity index (χ3v) is 4.79. The minimum Gasteiger partial charge on any atom is -0.475 e. The predicted molar refractivity (Wildman–Crippen MR) is 112 cm³/mol. The lowest BCUT2D eigenvalue weighted by Gasteiger charge is -2.03. The number of aryl methyl sites for hydroxylation is 2. The van der Waals surface area contributed by atoms with E-state index in [9.17, 15) is 18.0 Å². The molecule has 1 aromatic carbocycles. The van der Waals surface area contributed by atoms with Crippen LogP contribution < -0.4 is 10.6 Å². The average molecular weight is 470 g/mol. The maximum atomic E-state index is 11.9. The number of rotatable bonds is 6. The standard InChI is InChI=1S/C17H20N6OS.C2HF3O2/c1-3-14-20-16(22-23(14)2)21-17(24)18-10-9-15-19-13(11-25-15)12-7-5-4-6-8-12;3-2(4,5)1(6)7/h4-8,11H,3,9-10H2,1-2H3,(H2,18,21,22,24);(H,6,7). The van der Waals surface area contributed by atoms with Crippen LogP contribution in [-0.4, -0.2) is 49.6 Å². The normalized spacial score (nSPS) is 10.8. The van der Waals surface area contributed by atoms with E-state index in [4.69, 9.17) is 9.90 Å². The lowest BCUT2D eigenvalue weighted by molar-refractivity contribution is -0.192. The van der Waals surface area contributed by atoms with E-state index in [2.05, 4.69) is 25.7 Å². The Balaban J connectivity index is 0.000000451. The molecular weight excluding hydrogens is 449 g/mol. The van der Waals surface area contributed by atoms with Crippen molar-refractivity contribution in [2.75, 3.05) is 11.9 Å². The number of nitrogens with one attached hydrogen (secondary N) is 2. The molecule has 0 unspecified atom stereocenters. The molecule has 2 heterocycles. The van der Waals surface area contributed by atoms with Gasteiger partial charge in [0.1, 0.15) is 5.82 Å². The van der Waals surface area contributed by atoms with Crippen molar-refractivity contribution in [1.29, 1.82) is 0 Å². The Morgan fingerprint density at radius 2 is 1.84 bits per heavy atom. The van der Waals surface area contributed by atoms with Crippen LogP contribution in [0.4, 0.5) is 23.9 Å². The van der Waals surface area contributed by atoms with E-state index in [1.54, 1.807) is 16.0 Å². The topological polar surface area (TPSA) is 122 Å². The lowest BCUT2D eigenvalue weighted by atomic mass is 10.2. The maximum Gasteiger partial charge on any atom is 0.490 e. The Bertz CT molecular complexity index is 1040. The fraction of sp³-hybridized carbons (Fsp3) is 0.316. The van der Waals surface area contributed by atoms with Gasteiger partial charge in [-0.2, -0.15) is 18.2 Å². The van der Waals surface area contributed by atoms with E-state index in [0.717, 1.165) is 28.5 Å². The number of thiazole rings is 1. The van der Waals surface area contributed by atoms with Gasteiger partial charge in [0, 0.05) is 37.4 Å². The van der Waals surface area contributed by atoms with Crippen LogP contribution in [0.3, 0.4) is 0 Å². The summed E-state index contributed by atoms with van der Waals surface area (Å²) in [7, 11) is 1.81. The van der Waals surface area contributed by atoms with Crippen LogP contribution in [0, 0.1) is 0 Å². The summed E-state index contributed by atoms with van der Waals surface area (Å²) < 4.78 is 33.4. The second-order valence-electron chi connectivity index (χ2n) is 6.26. The molecule has 0 bridgehead atoms. The van der Waals surface area contributed by atoms with Gasteiger partial charge < -0.3 is 10.4 Å². The molecule has 0 aliphatic carbocycles. The maximum absolute atomic E-state index is 11.9. The molecule has 0 aliphatic heterocycles. The third-order valence-electron chi connectivity index (χ3n) is 3.88. The molecule has 0 aliphatic rings. The highest BCUT2D eigenvalue weighted by Crippen LogP contribution is 2.21. The number of carboxylic acids is 1. The van der Waals surface area contributed by atoms with Crippen molar-refractivity contribution in [2.24, 2.45) is 7.05 Å². The fourth-order valence-corrected chi connectivity index (χ4v) is 3.18. The SMILES string of the molecule is CCc1nc(NC(=O)NCCc2nc(-c3ccccc3)cs2)nn1C.O=C(O)C(F)(F)F. The Kier molecular flexibility index (Phi) is 8.70. The molecule has 9 nitrogen and oxygen atoms in total. The number of alkyl halides is 3. The molecule has 13 heteroatoms. The Morgan fingerprint density at radius 3 is 2.41 bits per heavy atom. The summed E-state index contributed by atoms with van der Waals surface area (Å²) in [4.78, 5) is 29.7. The van der Waals surface area contributed by atoms with Gasteiger partial charge in [-0.3, -0.25) is 10.00 Å². The fourth-order valence-electron chi connectivity index (χ4n) is 2.37. The number of hydrogen-bond acceptors (Lipinski definition) is 6. The number of halogens is 3. The van der Waals surface area contributed by atoms with Gasteiger partial charge in [0.05, 0.1) is 10.7 Å². The van der Waals surface area contributed by atoms with Crippen LogP contribution in [0.1, 0.15) is 17.8 Å². The summed E-state index contributed by atoms with van der Waals surface area (Å²) in [6, 6.07) is 9.74. The highest BCUT2D eigenvalue weighted by Gasteiger charge is 2.38. The summed E-state index contributed by atoms with van der Waals surface area (Å²) in [5.41, 5.74) is 2.07. The molecule has 172 valence electrons. The molecule has 0 spiro atoms. The molecular formula is C19H21F3N6O3S. The molecule has 3 N–H and O–H groups in total. The predicted octanol–water partition coefficient (Wildman–Crippen LogP) is 3.50. The van der Waals surface area contributed by atoms with Gasteiger partial charge in [0.25, 0.3) is 0 Å². The minimum atomic E-state index is -5.08. The van der Waals surface area contributed by atoms with Crippen molar-refractivity contribution in [1.82, 2.24) is 25.1 Å². The number of carboxylic acid groups (broad SMARTS) is 1. The number of anilines is 1. The smallest absolute Gasteiger partial charge is 0.475 e. The molecule has 0 saturated heterocycles. The first-order valence-electron chi connectivity index (χ1n) is 9.34. The molecule has 3 rings (SSSR count). The van der Waals surface area contributed by atoms with Crippen molar-refractivity contribution in [3.63, 3.8) is 0 Å². The zero-order chi connectivity index (χ0) is 23.7. The highest BCUT2D eigenvalue weighted by atomic mass is 32.1. The van der Waals surface area contributed by atoms with Crippen LogP contribution in [0.15, 0.2) is 35.7 Å². The molecule has 0 fully saturated rings. The van der Waals surface area contributed by atoms with Gasteiger partial charge in [0.15, 0.2) is 0 Å². The number of carbonyl (C=O) groups is 2. The molecule has 3 aromatic rings. The first kappa shape index (κ1) is 24.8. The number of hydrogen-bond donors (Lipinski definition) is 3.